The van der Waals surface area contributed by atoms with E-state index in [1.54, 1.807) is 0 Å². The normalized spacial score (nSPS) is 11.9. The van der Waals surface area contributed by atoms with Gasteiger partial charge in [-0.2, -0.15) is 0 Å². The lowest BCUT2D eigenvalue weighted by atomic mass is 10.0. The van der Waals surface area contributed by atoms with Crippen LogP contribution >= 0.6 is 0 Å². The third-order valence-corrected chi connectivity index (χ3v) is 11.0. The summed E-state index contributed by atoms with van der Waals surface area (Å²) in [5.74, 6) is -0.0905. The van der Waals surface area contributed by atoms with Crippen LogP contribution in [0.15, 0.2) is 0 Å². The van der Waals surface area contributed by atoms with Crippen LogP contribution in [-0.4, -0.2) is 37.2 Å². The summed E-state index contributed by atoms with van der Waals surface area (Å²) in [6.45, 7) is 8.94. The molecule has 0 saturated carbocycles. The summed E-state index contributed by atoms with van der Waals surface area (Å²) in [5, 5.41) is 0. The van der Waals surface area contributed by atoms with E-state index in [0.717, 1.165) is 63.7 Å². The molecule has 55 heavy (non-hydrogen) atoms. The maximum absolute atomic E-state index is 12.7. The summed E-state index contributed by atoms with van der Waals surface area (Å²) in [5.41, 5.74) is 0. The molecule has 0 aromatic carbocycles. The third kappa shape index (κ3) is 43.4. The molecular formula is C49H94O6. The molecule has 0 aromatic heterocycles. The van der Waals surface area contributed by atoms with E-state index in [-0.39, 0.29) is 31.1 Å². The SMILES string of the molecule is CCCCCCCCCCCCCCCCCCC(=O)OC[C@@H](COC(=O)CCCCCCCCC(C)C)OC(=O)CCCCCCCCCCCCCC. The van der Waals surface area contributed by atoms with Gasteiger partial charge < -0.3 is 14.2 Å². The Morgan fingerprint density at radius 2 is 0.600 bits per heavy atom. The number of hydrogen-bond donors (Lipinski definition) is 0. The van der Waals surface area contributed by atoms with Crippen molar-refractivity contribution in [3.63, 3.8) is 0 Å². The number of rotatable bonds is 44. The van der Waals surface area contributed by atoms with Crippen LogP contribution in [0.1, 0.15) is 272 Å². The first-order valence-corrected chi connectivity index (χ1v) is 24.4. The van der Waals surface area contributed by atoms with E-state index in [4.69, 9.17) is 14.2 Å². The quantitative estimate of drug-likeness (QED) is 0.0348. The molecular weight excluding hydrogens is 685 g/mol. The van der Waals surface area contributed by atoms with Gasteiger partial charge in [-0.05, 0) is 25.2 Å². The van der Waals surface area contributed by atoms with Gasteiger partial charge in [0.25, 0.3) is 0 Å². The van der Waals surface area contributed by atoms with Gasteiger partial charge in [0.05, 0.1) is 0 Å². The maximum atomic E-state index is 12.7. The molecule has 0 radical (unpaired) electrons. The lowest BCUT2D eigenvalue weighted by molar-refractivity contribution is -0.167. The van der Waals surface area contributed by atoms with Crippen LogP contribution in [0.4, 0.5) is 0 Å². The van der Waals surface area contributed by atoms with Crippen LogP contribution in [-0.2, 0) is 28.6 Å². The molecule has 0 aliphatic rings. The maximum Gasteiger partial charge on any atom is 0.306 e. The van der Waals surface area contributed by atoms with Crippen LogP contribution in [0.3, 0.4) is 0 Å². The van der Waals surface area contributed by atoms with Gasteiger partial charge in [0.2, 0.25) is 0 Å². The van der Waals surface area contributed by atoms with Crippen molar-refractivity contribution in [1.29, 1.82) is 0 Å². The molecule has 6 nitrogen and oxygen atoms in total. The second-order valence-electron chi connectivity index (χ2n) is 17.2. The number of esters is 3. The van der Waals surface area contributed by atoms with E-state index in [9.17, 15) is 14.4 Å². The highest BCUT2D eigenvalue weighted by atomic mass is 16.6. The average Bonchev–Trinajstić information content (AvgIpc) is 3.17. The fourth-order valence-electron chi connectivity index (χ4n) is 7.33. The van der Waals surface area contributed by atoms with Gasteiger partial charge in [-0.25, -0.2) is 0 Å². The molecule has 0 aliphatic heterocycles. The minimum atomic E-state index is -0.760. The van der Waals surface area contributed by atoms with Crippen molar-refractivity contribution >= 4 is 17.9 Å². The molecule has 6 heteroatoms. The summed E-state index contributed by atoms with van der Waals surface area (Å²) in [6.07, 6.45) is 43.8. The number of carbonyl (C=O) groups is 3. The number of carbonyl (C=O) groups excluding carboxylic acids is 3. The molecule has 0 fully saturated rings. The second kappa shape index (κ2) is 43.5. The summed E-state index contributed by atoms with van der Waals surface area (Å²) >= 11 is 0. The monoisotopic (exact) mass is 779 g/mol. The smallest absolute Gasteiger partial charge is 0.306 e. The minimum absolute atomic E-state index is 0.0640. The summed E-state index contributed by atoms with van der Waals surface area (Å²) in [7, 11) is 0. The summed E-state index contributed by atoms with van der Waals surface area (Å²) < 4.78 is 16.7. The van der Waals surface area contributed by atoms with Crippen molar-refractivity contribution in [2.75, 3.05) is 13.2 Å². The first kappa shape index (κ1) is 53.4. The predicted octanol–water partition coefficient (Wildman–Crippen LogP) is 15.5. The fraction of sp³-hybridized carbons (Fsp3) is 0.939. The van der Waals surface area contributed by atoms with E-state index in [1.807, 2.05) is 0 Å². The highest BCUT2D eigenvalue weighted by Crippen LogP contribution is 2.16. The largest absolute Gasteiger partial charge is 0.462 e. The van der Waals surface area contributed by atoms with E-state index in [0.29, 0.717) is 19.3 Å². The molecule has 326 valence electrons. The lowest BCUT2D eigenvalue weighted by Gasteiger charge is -2.18. The molecule has 0 unspecified atom stereocenters. The van der Waals surface area contributed by atoms with E-state index >= 15 is 0 Å². The Morgan fingerprint density at radius 1 is 0.345 bits per heavy atom. The first-order chi connectivity index (χ1) is 26.9. The Labute approximate surface area is 342 Å². The number of unbranched alkanes of at least 4 members (excludes halogenated alkanes) is 31. The standard InChI is InChI=1S/C49H94O6/c1-5-7-9-11-13-15-17-19-20-21-22-24-25-27-32-36-40-47(50)53-43-46(44-54-48(51)41-37-33-30-29-31-35-39-45(3)4)55-49(52)42-38-34-28-26-23-18-16-14-12-10-8-6-2/h45-46H,5-44H2,1-4H3/t46-/m0/s1. The van der Waals surface area contributed by atoms with Gasteiger partial charge in [-0.3, -0.25) is 14.4 Å². The van der Waals surface area contributed by atoms with Crippen molar-refractivity contribution in [2.45, 2.75) is 278 Å². The van der Waals surface area contributed by atoms with Gasteiger partial charge in [-0.1, -0.05) is 233 Å². The molecule has 0 heterocycles. The fourth-order valence-corrected chi connectivity index (χ4v) is 7.33. The van der Waals surface area contributed by atoms with Gasteiger partial charge >= 0.3 is 17.9 Å². The van der Waals surface area contributed by atoms with Crippen molar-refractivity contribution in [3.05, 3.63) is 0 Å². The Hall–Kier alpha value is -1.59. The molecule has 0 spiro atoms. The third-order valence-electron chi connectivity index (χ3n) is 11.0. The minimum Gasteiger partial charge on any atom is -0.462 e. The van der Waals surface area contributed by atoms with Crippen molar-refractivity contribution in [3.8, 4) is 0 Å². The summed E-state index contributed by atoms with van der Waals surface area (Å²) in [6, 6.07) is 0. The summed E-state index contributed by atoms with van der Waals surface area (Å²) in [4.78, 5) is 37.7. The van der Waals surface area contributed by atoms with Crippen LogP contribution < -0.4 is 0 Å². The first-order valence-electron chi connectivity index (χ1n) is 24.4. The Morgan fingerprint density at radius 3 is 0.891 bits per heavy atom. The van der Waals surface area contributed by atoms with Crippen LogP contribution in [0, 0.1) is 5.92 Å². The molecule has 0 aliphatic carbocycles. The molecule has 0 aromatic rings. The van der Waals surface area contributed by atoms with Crippen molar-refractivity contribution in [1.82, 2.24) is 0 Å². The lowest BCUT2D eigenvalue weighted by Crippen LogP contribution is -2.30. The Kier molecular flexibility index (Phi) is 42.3. The van der Waals surface area contributed by atoms with Gasteiger partial charge in [-0.15, -0.1) is 0 Å². The van der Waals surface area contributed by atoms with Crippen molar-refractivity contribution in [2.24, 2.45) is 5.92 Å². The number of hydrogen-bond acceptors (Lipinski definition) is 6. The highest BCUT2D eigenvalue weighted by Gasteiger charge is 2.19. The Bertz CT molecular complexity index is 826. The van der Waals surface area contributed by atoms with Crippen molar-refractivity contribution < 1.29 is 28.6 Å². The highest BCUT2D eigenvalue weighted by molar-refractivity contribution is 5.71. The number of ether oxygens (including phenoxy) is 3. The van der Waals surface area contributed by atoms with Gasteiger partial charge in [0.15, 0.2) is 6.10 Å². The predicted molar refractivity (Wildman–Crippen MR) is 233 cm³/mol. The zero-order valence-electron chi connectivity index (χ0n) is 37.4. The van der Waals surface area contributed by atoms with Gasteiger partial charge in [0, 0.05) is 19.3 Å². The topological polar surface area (TPSA) is 78.9 Å². The molecule has 0 N–H and O–H groups in total. The molecule has 0 saturated heterocycles. The Balaban J connectivity index is 4.27. The second-order valence-corrected chi connectivity index (χ2v) is 17.2. The van der Waals surface area contributed by atoms with E-state index < -0.39 is 6.10 Å². The van der Waals surface area contributed by atoms with E-state index in [1.165, 1.54) is 167 Å². The molecule has 0 amide bonds. The molecule has 0 bridgehead atoms. The van der Waals surface area contributed by atoms with Crippen LogP contribution in [0.25, 0.3) is 0 Å². The van der Waals surface area contributed by atoms with E-state index in [2.05, 4.69) is 27.7 Å². The van der Waals surface area contributed by atoms with Gasteiger partial charge in [0.1, 0.15) is 13.2 Å². The molecule has 0 rings (SSSR count). The average molecular weight is 779 g/mol. The zero-order chi connectivity index (χ0) is 40.3. The van der Waals surface area contributed by atoms with Crippen LogP contribution in [0.2, 0.25) is 0 Å². The van der Waals surface area contributed by atoms with Crippen LogP contribution in [0.5, 0.6) is 0 Å². The zero-order valence-corrected chi connectivity index (χ0v) is 37.4. The molecule has 1 atom stereocenters.